The molecule has 0 saturated carbocycles. The predicted molar refractivity (Wildman–Crippen MR) is 86.0 cm³/mol. The van der Waals surface area contributed by atoms with Crippen LogP contribution in [0.4, 0.5) is 11.4 Å². The van der Waals surface area contributed by atoms with E-state index in [1.54, 1.807) is 6.92 Å². The molecular formula is C15H12ClN3O5. The van der Waals surface area contributed by atoms with Gasteiger partial charge in [-0.1, -0.05) is 11.6 Å². The largest absolute Gasteiger partial charge is 0.452 e. The number of nitro groups is 1. The molecule has 0 radical (unpaired) electrons. The van der Waals surface area contributed by atoms with Crippen molar-refractivity contribution in [1.29, 1.82) is 0 Å². The number of nitrogens with one attached hydrogen (secondary N) is 1. The first-order chi connectivity index (χ1) is 11.4. The number of carbonyl (C=O) groups excluding carboxylic acids is 2. The van der Waals surface area contributed by atoms with E-state index in [0.717, 1.165) is 0 Å². The summed E-state index contributed by atoms with van der Waals surface area (Å²) in [7, 11) is 0. The van der Waals surface area contributed by atoms with E-state index in [4.69, 9.17) is 16.3 Å². The van der Waals surface area contributed by atoms with Crippen LogP contribution in [0.25, 0.3) is 0 Å². The number of carbonyl (C=O) groups is 2. The second kappa shape index (κ2) is 7.51. The van der Waals surface area contributed by atoms with E-state index < -0.39 is 23.4 Å². The number of benzene rings is 1. The first-order valence-electron chi connectivity index (χ1n) is 6.70. The maximum absolute atomic E-state index is 11.8. The third-order valence-electron chi connectivity index (χ3n) is 2.99. The third-order valence-corrected chi connectivity index (χ3v) is 3.22. The van der Waals surface area contributed by atoms with E-state index in [1.807, 2.05) is 0 Å². The molecule has 24 heavy (non-hydrogen) atoms. The summed E-state index contributed by atoms with van der Waals surface area (Å²) in [5.74, 6) is -1.28. The van der Waals surface area contributed by atoms with Gasteiger partial charge in [0.25, 0.3) is 11.6 Å². The fourth-order valence-electron chi connectivity index (χ4n) is 1.80. The van der Waals surface area contributed by atoms with Gasteiger partial charge in [0.05, 0.1) is 10.5 Å². The normalized spacial score (nSPS) is 10.1. The van der Waals surface area contributed by atoms with E-state index in [0.29, 0.717) is 11.3 Å². The van der Waals surface area contributed by atoms with Gasteiger partial charge in [-0.05, 0) is 30.7 Å². The van der Waals surface area contributed by atoms with Crippen LogP contribution in [0.1, 0.15) is 15.9 Å². The molecule has 0 bridgehead atoms. The second-order valence-corrected chi connectivity index (χ2v) is 5.14. The SMILES string of the molecule is Cc1cc([N+](=O)[O-])ccc1NC(=O)COC(=O)c1ccc(Cl)nc1. The molecule has 124 valence electrons. The zero-order valence-corrected chi connectivity index (χ0v) is 13.2. The van der Waals surface area contributed by atoms with Gasteiger partial charge < -0.3 is 10.1 Å². The number of hydrogen-bond donors (Lipinski definition) is 1. The molecular weight excluding hydrogens is 338 g/mol. The number of amides is 1. The molecule has 0 aliphatic rings. The van der Waals surface area contributed by atoms with Crippen LogP contribution in [-0.2, 0) is 9.53 Å². The van der Waals surface area contributed by atoms with Crippen molar-refractivity contribution in [3.05, 3.63) is 62.9 Å². The number of nitrogens with zero attached hydrogens (tertiary/aromatic N) is 2. The topological polar surface area (TPSA) is 111 Å². The third kappa shape index (κ3) is 4.50. The van der Waals surface area contributed by atoms with Gasteiger partial charge in [-0.15, -0.1) is 0 Å². The van der Waals surface area contributed by atoms with Crippen molar-refractivity contribution in [3.63, 3.8) is 0 Å². The maximum Gasteiger partial charge on any atom is 0.340 e. The Morgan fingerprint density at radius 1 is 1.33 bits per heavy atom. The number of aryl methyl sites for hydroxylation is 1. The highest BCUT2D eigenvalue weighted by Crippen LogP contribution is 2.21. The van der Waals surface area contributed by atoms with Crippen LogP contribution in [0.2, 0.25) is 5.15 Å². The number of pyridine rings is 1. The Labute approximate surface area is 141 Å². The average molecular weight is 350 g/mol. The number of aromatic nitrogens is 1. The van der Waals surface area contributed by atoms with Crippen LogP contribution in [0, 0.1) is 17.0 Å². The van der Waals surface area contributed by atoms with Gasteiger partial charge in [0.1, 0.15) is 5.15 Å². The van der Waals surface area contributed by atoms with E-state index >= 15 is 0 Å². The minimum Gasteiger partial charge on any atom is -0.452 e. The van der Waals surface area contributed by atoms with Gasteiger partial charge >= 0.3 is 5.97 Å². The second-order valence-electron chi connectivity index (χ2n) is 4.75. The molecule has 8 nitrogen and oxygen atoms in total. The van der Waals surface area contributed by atoms with Crippen molar-refractivity contribution in [2.75, 3.05) is 11.9 Å². The predicted octanol–water partition coefficient (Wildman–Crippen LogP) is 2.75. The van der Waals surface area contributed by atoms with Crippen LogP contribution in [0.5, 0.6) is 0 Å². The van der Waals surface area contributed by atoms with Crippen molar-refractivity contribution < 1.29 is 19.2 Å². The fourth-order valence-corrected chi connectivity index (χ4v) is 1.91. The Morgan fingerprint density at radius 3 is 2.67 bits per heavy atom. The standard InChI is InChI=1S/C15H12ClN3O5/c1-9-6-11(19(22)23)3-4-12(9)18-14(20)8-24-15(21)10-2-5-13(16)17-7-10/h2-7H,8H2,1H3,(H,18,20). The van der Waals surface area contributed by atoms with E-state index in [1.165, 1.54) is 36.5 Å². The molecule has 0 saturated heterocycles. The fraction of sp³-hybridized carbons (Fsp3) is 0.133. The van der Waals surface area contributed by atoms with E-state index in [2.05, 4.69) is 10.3 Å². The lowest BCUT2D eigenvalue weighted by Gasteiger charge is -2.09. The van der Waals surface area contributed by atoms with Crippen LogP contribution in [0.3, 0.4) is 0 Å². The summed E-state index contributed by atoms with van der Waals surface area (Å²) in [5.41, 5.74) is 1.01. The molecule has 1 N–H and O–H groups in total. The molecule has 0 atom stereocenters. The summed E-state index contributed by atoms with van der Waals surface area (Å²) in [4.78, 5) is 37.4. The molecule has 2 aromatic rings. The van der Waals surface area contributed by atoms with Gasteiger partial charge in [0.2, 0.25) is 0 Å². The molecule has 0 unspecified atom stereocenters. The van der Waals surface area contributed by atoms with Gasteiger partial charge in [-0.2, -0.15) is 0 Å². The summed E-state index contributed by atoms with van der Waals surface area (Å²) < 4.78 is 4.86. The lowest BCUT2D eigenvalue weighted by atomic mass is 10.2. The summed E-state index contributed by atoms with van der Waals surface area (Å²) >= 11 is 5.61. The van der Waals surface area contributed by atoms with Crippen molar-refractivity contribution in [1.82, 2.24) is 4.98 Å². The molecule has 0 aliphatic heterocycles. The zero-order valence-electron chi connectivity index (χ0n) is 12.5. The molecule has 0 aliphatic carbocycles. The monoisotopic (exact) mass is 349 g/mol. The molecule has 0 fully saturated rings. The number of esters is 1. The van der Waals surface area contributed by atoms with Gasteiger partial charge in [-0.25, -0.2) is 9.78 Å². The smallest absolute Gasteiger partial charge is 0.340 e. The van der Waals surface area contributed by atoms with Crippen molar-refractivity contribution in [2.24, 2.45) is 0 Å². The number of nitro benzene ring substituents is 1. The Morgan fingerprint density at radius 2 is 2.08 bits per heavy atom. The van der Waals surface area contributed by atoms with Crippen LogP contribution >= 0.6 is 11.6 Å². The number of non-ortho nitro benzene ring substituents is 1. The van der Waals surface area contributed by atoms with Crippen molar-refractivity contribution in [2.45, 2.75) is 6.92 Å². The molecule has 0 spiro atoms. The highest BCUT2D eigenvalue weighted by molar-refractivity contribution is 6.29. The van der Waals surface area contributed by atoms with Crippen LogP contribution in [0.15, 0.2) is 36.5 Å². The highest BCUT2D eigenvalue weighted by Gasteiger charge is 2.13. The quantitative estimate of drug-likeness (QED) is 0.384. The molecule has 1 aromatic heterocycles. The Bertz CT molecular complexity index is 792. The summed E-state index contributed by atoms with van der Waals surface area (Å²) in [6, 6.07) is 6.87. The molecule has 1 amide bonds. The Balaban J connectivity index is 1.92. The highest BCUT2D eigenvalue weighted by atomic mass is 35.5. The maximum atomic E-state index is 11.8. The van der Waals surface area contributed by atoms with E-state index in [9.17, 15) is 19.7 Å². The number of anilines is 1. The minimum atomic E-state index is -0.713. The Kier molecular flexibility index (Phi) is 5.43. The van der Waals surface area contributed by atoms with Gasteiger partial charge in [0, 0.05) is 24.0 Å². The molecule has 1 aromatic carbocycles. The molecule has 2 rings (SSSR count). The zero-order chi connectivity index (χ0) is 17.7. The first kappa shape index (κ1) is 17.4. The van der Waals surface area contributed by atoms with Crippen LogP contribution < -0.4 is 5.32 Å². The molecule has 1 heterocycles. The lowest BCUT2D eigenvalue weighted by molar-refractivity contribution is -0.384. The van der Waals surface area contributed by atoms with E-state index in [-0.39, 0.29) is 16.4 Å². The number of rotatable bonds is 5. The first-order valence-corrected chi connectivity index (χ1v) is 7.08. The number of halogens is 1. The van der Waals surface area contributed by atoms with Crippen LogP contribution in [-0.4, -0.2) is 28.4 Å². The Hall–Kier alpha value is -3.00. The number of ether oxygens (including phenoxy) is 1. The summed E-state index contributed by atoms with van der Waals surface area (Å²) in [6.45, 7) is 1.12. The van der Waals surface area contributed by atoms with Crippen molar-refractivity contribution >= 4 is 34.9 Å². The minimum absolute atomic E-state index is 0.0767. The summed E-state index contributed by atoms with van der Waals surface area (Å²) in [5, 5.41) is 13.4. The van der Waals surface area contributed by atoms with Crippen molar-refractivity contribution in [3.8, 4) is 0 Å². The average Bonchev–Trinajstić information content (AvgIpc) is 2.55. The van der Waals surface area contributed by atoms with Gasteiger partial charge in [0.15, 0.2) is 6.61 Å². The van der Waals surface area contributed by atoms with Gasteiger partial charge in [-0.3, -0.25) is 14.9 Å². The summed E-state index contributed by atoms with van der Waals surface area (Å²) in [6.07, 6.45) is 1.24. The number of hydrogen-bond acceptors (Lipinski definition) is 6. The molecule has 9 heteroatoms. The lowest BCUT2D eigenvalue weighted by Crippen LogP contribution is -2.21.